The minimum absolute atomic E-state index is 0.232. The third-order valence-electron chi connectivity index (χ3n) is 1.80. The Bertz CT molecular complexity index is 530. The number of hydrogen-bond acceptors (Lipinski definition) is 5. The van der Waals surface area contributed by atoms with Crippen LogP contribution >= 0.6 is 11.6 Å². The van der Waals surface area contributed by atoms with Gasteiger partial charge < -0.3 is 10.5 Å². The number of rotatable bonds is 4. The number of benzene rings is 1. The monoisotopic (exact) mass is 278 g/mol. The van der Waals surface area contributed by atoms with Crippen molar-refractivity contribution in [3.05, 3.63) is 23.2 Å². The Morgan fingerprint density at radius 2 is 2.18 bits per heavy atom. The van der Waals surface area contributed by atoms with Crippen LogP contribution in [0.25, 0.3) is 0 Å². The summed E-state index contributed by atoms with van der Waals surface area (Å²) in [6, 6.07) is 4.25. The summed E-state index contributed by atoms with van der Waals surface area (Å²) in [5, 5.41) is 0.320. The second kappa shape index (κ2) is 5.24. The zero-order valence-electron chi connectivity index (χ0n) is 8.94. The Kier molecular flexibility index (Phi) is 4.19. The predicted molar refractivity (Wildman–Crippen MR) is 65.3 cm³/mol. The Labute approximate surface area is 104 Å². The van der Waals surface area contributed by atoms with Gasteiger partial charge in [-0.1, -0.05) is 11.6 Å². The van der Waals surface area contributed by atoms with Gasteiger partial charge in [0.1, 0.15) is 0 Å². The molecule has 0 aliphatic rings. The molecule has 8 heteroatoms. The normalized spacial score (nSPS) is 10.9. The van der Waals surface area contributed by atoms with Gasteiger partial charge in [-0.25, -0.2) is 8.42 Å². The van der Waals surface area contributed by atoms with Crippen LogP contribution in [0, 0.1) is 0 Å². The number of sulfonamides is 1. The molecule has 1 aromatic carbocycles. The van der Waals surface area contributed by atoms with E-state index in [4.69, 9.17) is 17.3 Å². The van der Waals surface area contributed by atoms with Gasteiger partial charge in [-0.05, 0) is 18.2 Å². The maximum Gasteiger partial charge on any atom is 0.322 e. The summed E-state index contributed by atoms with van der Waals surface area (Å²) in [6.45, 7) is 0. The second-order valence-electron chi connectivity index (χ2n) is 3.17. The van der Waals surface area contributed by atoms with Gasteiger partial charge in [-0.3, -0.25) is 9.52 Å². The summed E-state index contributed by atoms with van der Waals surface area (Å²) in [4.78, 5) is 10.9. The van der Waals surface area contributed by atoms with Gasteiger partial charge in [0.2, 0.25) is 10.0 Å². The fraction of sp³-hybridized carbons (Fsp3) is 0.222. The maximum absolute atomic E-state index is 11.5. The highest BCUT2D eigenvalue weighted by Crippen LogP contribution is 2.22. The van der Waals surface area contributed by atoms with E-state index in [2.05, 4.69) is 9.46 Å². The Morgan fingerprint density at radius 3 is 2.71 bits per heavy atom. The van der Waals surface area contributed by atoms with E-state index in [9.17, 15) is 13.2 Å². The lowest BCUT2D eigenvalue weighted by Crippen LogP contribution is -2.23. The molecule has 17 heavy (non-hydrogen) atoms. The molecular formula is C9H11ClN2O4S. The molecule has 0 aromatic heterocycles. The van der Waals surface area contributed by atoms with Crippen LogP contribution in [0.5, 0.6) is 0 Å². The second-order valence-corrected chi connectivity index (χ2v) is 5.30. The van der Waals surface area contributed by atoms with Gasteiger partial charge in [0.15, 0.2) is 5.75 Å². The van der Waals surface area contributed by atoms with E-state index >= 15 is 0 Å². The van der Waals surface area contributed by atoms with Crippen LogP contribution < -0.4 is 10.5 Å². The first-order chi connectivity index (χ1) is 7.84. The molecule has 0 bridgehead atoms. The predicted octanol–water partition coefficient (Wildman–Crippen LogP) is 0.837. The van der Waals surface area contributed by atoms with Crippen molar-refractivity contribution in [1.82, 2.24) is 0 Å². The standard InChI is InChI=1S/C9H11ClN2O4S/c1-16-9(13)5-17(14,15)12-6-2-3-7(10)8(11)4-6/h2-4,12H,5,11H2,1H3. The average Bonchev–Trinajstić information content (AvgIpc) is 2.22. The molecule has 0 saturated heterocycles. The number of nitrogens with one attached hydrogen (secondary N) is 1. The number of hydrogen-bond donors (Lipinski definition) is 2. The van der Waals surface area contributed by atoms with Crippen molar-refractivity contribution < 1.29 is 17.9 Å². The summed E-state index contributed by atoms with van der Waals surface area (Å²) in [5.74, 6) is -1.61. The Morgan fingerprint density at radius 1 is 1.53 bits per heavy atom. The van der Waals surface area contributed by atoms with Crippen molar-refractivity contribution in [1.29, 1.82) is 0 Å². The van der Waals surface area contributed by atoms with Crippen LogP contribution in [0.1, 0.15) is 0 Å². The van der Waals surface area contributed by atoms with Crippen LogP contribution in [0.4, 0.5) is 11.4 Å². The maximum atomic E-state index is 11.5. The Hall–Kier alpha value is -1.47. The van der Waals surface area contributed by atoms with Crippen molar-refractivity contribution in [2.24, 2.45) is 0 Å². The molecular weight excluding hydrogens is 268 g/mol. The number of methoxy groups -OCH3 is 1. The first-order valence-electron chi connectivity index (χ1n) is 4.46. The minimum Gasteiger partial charge on any atom is -0.468 e. The van der Waals surface area contributed by atoms with E-state index in [1.165, 1.54) is 18.2 Å². The molecule has 0 atom stereocenters. The summed E-state index contributed by atoms with van der Waals surface area (Å²) in [7, 11) is -2.69. The number of ether oxygens (including phenoxy) is 1. The Balaban J connectivity index is 2.83. The number of anilines is 2. The van der Waals surface area contributed by atoms with Crippen LogP contribution in [0.15, 0.2) is 18.2 Å². The van der Waals surface area contributed by atoms with Gasteiger partial charge in [-0.2, -0.15) is 0 Å². The van der Waals surface area contributed by atoms with Crippen molar-refractivity contribution in [2.75, 3.05) is 23.3 Å². The van der Waals surface area contributed by atoms with Crippen molar-refractivity contribution >= 4 is 39.0 Å². The molecule has 3 N–H and O–H groups in total. The lowest BCUT2D eigenvalue weighted by atomic mass is 10.3. The lowest BCUT2D eigenvalue weighted by Gasteiger charge is -2.08. The third kappa shape index (κ3) is 4.12. The molecule has 0 aliphatic carbocycles. The van der Waals surface area contributed by atoms with Gasteiger partial charge in [0, 0.05) is 0 Å². The zero-order chi connectivity index (χ0) is 13.1. The summed E-state index contributed by atoms with van der Waals surface area (Å²) >= 11 is 5.68. The molecule has 0 amide bonds. The van der Waals surface area contributed by atoms with Crippen LogP contribution in [0.2, 0.25) is 5.02 Å². The van der Waals surface area contributed by atoms with Gasteiger partial charge in [-0.15, -0.1) is 0 Å². The molecule has 0 fully saturated rings. The average molecular weight is 279 g/mol. The quantitative estimate of drug-likeness (QED) is 0.628. The first-order valence-corrected chi connectivity index (χ1v) is 6.49. The lowest BCUT2D eigenvalue weighted by molar-refractivity contribution is -0.137. The first kappa shape index (κ1) is 13.6. The van der Waals surface area contributed by atoms with E-state index in [0.717, 1.165) is 7.11 Å². The van der Waals surface area contributed by atoms with Crippen molar-refractivity contribution in [3.8, 4) is 0 Å². The number of halogens is 1. The molecule has 94 valence electrons. The summed E-state index contributed by atoms with van der Waals surface area (Å²) in [6.07, 6.45) is 0. The highest BCUT2D eigenvalue weighted by atomic mass is 35.5. The molecule has 6 nitrogen and oxygen atoms in total. The molecule has 1 rings (SSSR count). The number of nitrogen functional groups attached to an aromatic ring is 1. The third-order valence-corrected chi connectivity index (χ3v) is 3.31. The van der Waals surface area contributed by atoms with E-state index in [0.29, 0.717) is 5.02 Å². The van der Waals surface area contributed by atoms with Crippen LogP contribution in [-0.2, 0) is 19.6 Å². The SMILES string of the molecule is COC(=O)CS(=O)(=O)Nc1ccc(Cl)c(N)c1. The molecule has 0 aliphatic heterocycles. The van der Waals surface area contributed by atoms with E-state index in [-0.39, 0.29) is 11.4 Å². The number of carbonyl (C=O) groups is 1. The van der Waals surface area contributed by atoms with Crippen LogP contribution in [0.3, 0.4) is 0 Å². The van der Waals surface area contributed by atoms with Crippen molar-refractivity contribution in [2.45, 2.75) is 0 Å². The van der Waals surface area contributed by atoms with E-state index < -0.39 is 21.7 Å². The fourth-order valence-corrected chi connectivity index (χ4v) is 2.14. The zero-order valence-corrected chi connectivity index (χ0v) is 10.5. The topological polar surface area (TPSA) is 98.5 Å². The molecule has 1 aromatic rings. The molecule has 0 spiro atoms. The number of carbonyl (C=O) groups excluding carboxylic acids is 1. The van der Waals surface area contributed by atoms with Gasteiger partial charge in [0.05, 0.1) is 23.5 Å². The number of nitrogens with two attached hydrogens (primary N) is 1. The summed E-state index contributed by atoms with van der Waals surface area (Å²) < 4.78 is 29.4. The summed E-state index contributed by atoms with van der Waals surface area (Å²) in [5.41, 5.74) is 5.98. The largest absolute Gasteiger partial charge is 0.468 e. The van der Waals surface area contributed by atoms with Gasteiger partial charge >= 0.3 is 5.97 Å². The highest BCUT2D eigenvalue weighted by molar-refractivity contribution is 7.93. The minimum atomic E-state index is -3.80. The highest BCUT2D eigenvalue weighted by Gasteiger charge is 2.17. The molecule has 0 saturated carbocycles. The molecule has 0 heterocycles. The molecule has 0 unspecified atom stereocenters. The van der Waals surface area contributed by atoms with E-state index in [1.807, 2.05) is 0 Å². The van der Waals surface area contributed by atoms with Crippen molar-refractivity contribution in [3.63, 3.8) is 0 Å². The smallest absolute Gasteiger partial charge is 0.322 e. The fourth-order valence-electron chi connectivity index (χ4n) is 1.04. The molecule has 0 radical (unpaired) electrons. The van der Waals surface area contributed by atoms with E-state index in [1.54, 1.807) is 0 Å². The number of esters is 1. The van der Waals surface area contributed by atoms with Crippen LogP contribution in [-0.4, -0.2) is 27.2 Å². The van der Waals surface area contributed by atoms with Gasteiger partial charge in [0.25, 0.3) is 0 Å².